The van der Waals surface area contributed by atoms with E-state index in [1.807, 2.05) is 4.68 Å². The molecule has 1 heterocycles. The van der Waals surface area contributed by atoms with Gasteiger partial charge in [0, 0.05) is 31.4 Å². The van der Waals surface area contributed by atoms with Crippen molar-refractivity contribution in [1.82, 2.24) is 25.2 Å². The summed E-state index contributed by atoms with van der Waals surface area (Å²) < 4.78 is 1.96. The Morgan fingerprint density at radius 2 is 2.24 bits per heavy atom. The molecule has 1 aromatic heterocycles. The molecule has 1 aromatic rings. The lowest BCUT2D eigenvalue weighted by molar-refractivity contribution is 0.301. The Labute approximate surface area is 102 Å². The molecule has 0 spiro atoms. The molecule has 2 aliphatic rings. The number of nitrogens with zero attached hydrogens (tertiary/aromatic N) is 4. The second-order valence-corrected chi connectivity index (χ2v) is 5.34. The van der Waals surface area contributed by atoms with Crippen LogP contribution in [0, 0.1) is 0 Å². The molecule has 0 unspecified atom stereocenters. The first-order valence-corrected chi connectivity index (χ1v) is 6.64. The van der Waals surface area contributed by atoms with Crippen molar-refractivity contribution in [3.63, 3.8) is 0 Å². The summed E-state index contributed by atoms with van der Waals surface area (Å²) in [6.45, 7) is 2.88. The molecule has 0 aliphatic heterocycles. The minimum absolute atomic E-state index is 0.737. The molecular weight excluding hydrogens is 214 g/mol. The molecule has 17 heavy (non-hydrogen) atoms. The topological polar surface area (TPSA) is 46.0 Å². The highest BCUT2D eigenvalue weighted by Crippen LogP contribution is 2.24. The molecule has 94 valence electrons. The number of rotatable bonds is 7. The SMILES string of the molecule is CN(CCn1cc(CNC2CC2)nn1)C1CC1. The fourth-order valence-corrected chi connectivity index (χ4v) is 2.02. The number of nitrogens with one attached hydrogen (secondary N) is 1. The number of hydrogen-bond acceptors (Lipinski definition) is 4. The maximum absolute atomic E-state index is 4.19. The first-order valence-electron chi connectivity index (χ1n) is 6.64. The predicted octanol–water partition coefficient (Wildman–Crippen LogP) is 0.624. The number of hydrogen-bond donors (Lipinski definition) is 1. The van der Waals surface area contributed by atoms with E-state index in [0.29, 0.717) is 0 Å². The molecule has 3 rings (SSSR count). The maximum atomic E-state index is 4.19. The Bertz CT molecular complexity index is 367. The van der Waals surface area contributed by atoms with Crippen molar-refractivity contribution < 1.29 is 0 Å². The Hall–Kier alpha value is -0.940. The monoisotopic (exact) mass is 235 g/mol. The fraction of sp³-hybridized carbons (Fsp3) is 0.833. The van der Waals surface area contributed by atoms with E-state index in [4.69, 9.17) is 0 Å². The molecule has 0 saturated heterocycles. The summed E-state index contributed by atoms with van der Waals surface area (Å²) in [6, 6.07) is 1.57. The fourth-order valence-electron chi connectivity index (χ4n) is 2.02. The van der Waals surface area contributed by atoms with Crippen molar-refractivity contribution in [1.29, 1.82) is 0 Å². The zero-order chi connectivity index (χ0) is 11.7. The van der Waals surface area contributed by atoms with Crippen LogP contribution in [0.2, 0.25) is 0 Å². The van der Waals surface area contributed by atoms with E-state index >= 15 is 0 Å². The van der Waals surface area contributed by atoms with Crippen LogP contribution in [-0.2, 0) is 13.1 Å². The molecule has 0 radical (unpaired) electrons. The summed E-state index contributed by atoms with van der Waals surface area (Å²) in [5, 5.41) is 11.8. The third-order valence-corrected chi connectivity index (χ3v) is 3.59. The summed E-state index contributed by atoms with van der Waals surface area (Å²) in [7, 11) is 2.20. The van der Waals surface area contributed by atoms with Gasteiger partial charge >= 0.3 is 0 Å². The van der Waals surface area contributed by atoms with Gasteiger partial charge in [0.05, 0.1) is 12.2 Å². The zero-order valence-electron chi connectivity index (χ0n) is 10.5. The number of likely N-dealkylation sites (N-methyl/N-ethyl adjacent to an activating group) is 1. The van der Waals surface area contributed by atoms with E-state index in [-0.39, 0.29) is 0 Å². The molecular formula is C12H21N5. The lowest BCUT2D eigenvalue weighted by atomic mass is 10.4. The summed E-state index contributed by atoms with van der Waals surface area (Å²) >= 11 is 0. The third kappa shape index (κ3) is 3.26. The van der Waals surface area contributed by atoms with Crippen molar-refractivity contribution >= 4 is 0 Å². The average Bonchev–Trinajstić information content (AvgIpc) is 3.22. The highest BCUT2D eigenvalue weighted by Gasteiger charge is 2.25. The Balaban J connectivity index is 1.42. The summed E-state index contributed by atoms with van der Waals surface area (Å²) in [5.74, 6) is 0. The van der Waals surface area contributed by atoms with Gasteiger partial charge < -0.3 is 10.2 Å². The number of aromatic nitrogens is 3. The van der Waals surface area contributed by atoms with Crippen LogP contribution in [0.15, 0.2) is 6.20 Å². The van der Waals surface area contributed by atoms with Crippen LogP contribution in [0.3, 0.4) is 0 Å². The Morgan fingerprint density at radius 1 is 1.41 bits per heavy atom. The molecule has 2 aliphatic carbocycles. The van der Waals surface area contributed by atoms with Crippen LogP contribution in [0.5, 0.6) is 0 Å². The van der Waals surface area contributed by atoms with Crippen molar-refractivity contribution in [2.75, 3.05) is 13.6 Å². The third-order valence-electron chi connectivity index (χ3n) is 3.59. The van der Waals surface area contributed by atoms with Gasteiger partial charge in [0.15, 0.2) is 0 Å². The lowest BCUT2D eigenvalue weighted by Crippen LogP contribution is -2.25. The molecule has 0 amide bonds. The van der Waals surface area contributed by atoms with E-state index in [1.165, 1.54) is 25.7 Å². The standard InChI is InChI=1S/C12H21N5/c1-16(12-4-5-12)6-7-17-9-11(14-15-17)8-13-10-2-3-10/h9-10,12-13H,2-8H2,1H3. The molecule has 2 fully saturated rings. The quantitative estimate of drug-likeness (QED) is 0.753. The van der Waals surface area contributed by atoms with Gasteiger partial charge in [0.2, 0.25) is 0 Å². The van der Waals surface area contributed by atoms with Crippen LogP contribution in [0.25, 0.3) is 0 Å². The highest BCUT2D eigenvalue weighted by atomic mass is 15.4. The van der Waals surface area contributed by atoms with Gasteiger partial charge in [0.25, 0.3) is 0 Å². The Morgan fingerprint density at radius 3 is 2.94 bits per heavy atom. The molecule has 5 nitrogen and oxygen atoms in total. The normalized spacial score (nSPS) is 20.1. The minimum Gasteiger partial charge on any atom is -0.308 e. The van der Waals surface area contributed by atoms with Crippen LogP contribution in [-0.4, -0.2) is 45.6 Å². The Kier molecular flexibility index (Phi) is 3.11. The van der Waals surface area contributed by atoms with Gasteiger partial charge in [-0.15, -0.1) is 5.10 Å². The van der Waals surface area contributed by atoms with Gasteiger partial charge in [-0.25, -0.2) is 0 Å². The minimum atomic E-state index is 0.737. The van der Waals surface area contributed by atoms with Crippen molar-refractivity contribution in [3.8, 4) is 0 Å². The van der Waals surface area contributed by atoms with Crippen LogP contribution < -0.4 is 5.32 Å². The van der Waals surface area contributed by atoms with Crippen LogP contribution in [0.1, 0.15) is 31.4 Å². The van der Waals surface area contributed by atoms with E-state index in [0.717, 1.165) is 37.4 Å². The molecule has 0 aromatic carbocycles. The first kappa shape index (κ1) is 11.2. The van der Waals surface area contributed by atoms with Crippen LogP contribution >= 0.6 is 0 Å². The zero-order valence-corrected chi connectivity index (χ0v) is 10.5. The van der Waals surface area contributed by atoms with E-state index in [2.05, 4.69) is 33.8 Å². The van der Waals surface area contributed by atoms with Crippen molar-refractivity contribution in [2.45, 2.75) is 50.9 Å². The smallest absolute Gasteiger partial charge is 0.0964 e. The van der Waals surface area contributed by atoms with Crippen molar-refractivity contribution in [2.24, 2.45) is 0 Å². The van der Waals surface area contributed by atoms with Gasteiger partial charge in [-0.1, -0.05) is 5.21 Å². The summed E-state index contributed by atoms with van der Waals surface area (Å²) in [4.78, 5) is 2.42. The largest absolute Gasteiger partial charge is 0.308 e. The van der Waals surface area contributed by atoms with E-state index in [1.54, 1.807) is 0 Å². The molecule has 5 heteroatoms. The summed E-state index contributed by atoms with van der Waals surface area (Å²) in [5.41, 5.74) is 1.06. The molecule has 0 bridgehead atoms. The first-order chi connectivity index (χ1) is 8.31. The van der Waals surface area contributed by atoms with Crippen molar-refractivity contribution in [3.05, 3.63) is 11.9 Å². The highest BCUT2D eigenvalue weighted by molar-refractivity contribution is 4.94. The van der Waals surface area contributed by atoms with Gasteiger partial charge in [-0.05, 0) is 32.7 Å². The van der Waals surface area contributed by atoms with E-state index < -0.39 is 0 Å². The predicted molar refractivity (Wildman–Crippen MR) is 65.5 cm³/mol. The lowest BCUT2D eigenvalue weighted by Gasteiger charge is -2.14. The second kappa shape index (κ2) is 4.74. The summed E-state index contributed by atoms with van der Waals surface area (Å²) in [6.07, 6.45) is 7.44. The maximum Gasteiger partial charge on any atom is 0.0964 e. The van der Waals surface area contributed by atoms with Gasteiger partial charge in [-0.2, -0.15) is 0 Å². The van der Waals surface area contributed by atoms with Gasteiger partial charge in [-0.3, -0.25) is 4.68 Å². The average molecular weight is 235 g/mol. The molecule has 1 N–H and O–H groups in total. The van der Waals surface area contributed by atoms with E-state index in [9.17, 15) is 0 Å². The molecule has 0 atom stereocenters. The van der Waals surface area contributed by atoms with Crippen LogP contribution in [0.4, 0.5) is 0 Å². The van der Waals surface area contributed by atoms with Gasteiger partial charge in [0.1, 0.15) is 0 Å². The second-order valence-electron chi connectivity index (χ2n) is 5.34. The molecule has 2 saturated carbocycles.